The summed E-state index contributed by atoms with van der Waals surface area (Å²) in [5.41, 5.74) is 0.714. The normalized spacial score (nSPS) is 14.7. The third kappa shape index (κ3) is 3.25. The Hall–Kier alpha value is -2.82. The van der Waals surface area contributed by atoms with Crippen LogP contribution in [0, 0.1) is 12.3 Å². The number of hydrogen-bond acceptors (Lipinski definition) is 3. The summed E-state index contributed by atoms with van der Waals surface area (Å²) >= 11 is 0. The third-order valence-electron chi connectivity index (χ3n) is 4.25. The van der Waals surface area contributed by atoms with E-state index < -0.39 is 17.3 Å². The van der Waals surface area contributed by atoms with Gasteiger partial charge in [0, 0.05) is 12.1 Å². The molecule has 1 fully saturated rings. The first-order valence-corrected chi connectivity index (χ1v) is 7.85. The van der Waals surface area contributed by atoms with Crippen molar-refractivity contribution in [3.05, 3.63) is 59.7 Å². The van der Waals surface area contributed by atoms with E-state index in [4.69, 9.17) is 9.84 Å². The van der Waals surface area contributed by atoms with Crippen LogP contribution in [0.3, 0.4) is 0 Å². The lowest BCUT2D eigenvalue weighted by Crippen LogP contribution is -2.36. The van der Waals surface area contributed by atoms with E-state index in [1.165, 1.54) is 0 Å². The molecule has 0 unspecified atom stereocenters. The third-order valence-corrected chi connectivity index (χ3v) is 4.25. The molecule has 5 heteroatoms. The van der Waals surface area contributed by atoms with Gasteiger partial charge in [-0.2, -0.15) is 0 Å². The summed E-state index contributed by atoms with van der Waals surface area (Å²) in [6, 6.07) is 15.1. The van der Waals surface area contributed by atoms with Gasteiger partial charge in [-0.1, -0.05) is 35.9 Å². The van der Waals surface area contributed by atoms with Gasteiger partial charge in [-0.15, -0.1) is 0 Å². The number of carbonyl (C=O) groups excluding carboxylic acids is 1. The van der Waals surface area contributed by atoms with Crippen LogP contribution in [0.1, 0.15) is 24.0 Å². The Labute approximate surface area is 140 Å². The summed E-state index contributed by atoms with van der Waals surface area (Å²) in [6.07, 6.45) is 0.797. The van der Waals surface area contributed by atoms with E-state index in [0.717, 1.165) is 11.1 Å². The highest BCUT2D eigenvalue weighted by atomic mass is 16.5. The Bertz CT molecular complexity index is 763. The fourth-order valence-corrected chi connectivity index (χ4v) is 2.49. The van der Waals surface area contributed by atoms with Crippen LogP contribution in [-0.2, 0) is 16.1 Å². The number of carbonyl (C=O) groups is 2. The van der Waals surface area contributed by atoms with Crippen molar-refractivity contribution < 1.29 is 19.4 Å². The Morgan fingerprint density at radius 2 is 1.79 bits per heavy atom. The average Bonchev–Trinajstić information content (AvgIpc) is 3.38. The van der Waals surface area contributed by atoms with Crippen LogP contribution < -0.4 is 10.1 Å². The Morgan fingerprint density at radius 3 is 2.42 bits per heavy atom. The number of benzene rings is 2. The number of hydrogen-bond donors (Lipinski definition) is 2. The minimum atomic E-state index is -1.23. The molecule has 1 amide bonds. The molecule has 0 aromatic heterocycles. The number of nitrogens with one attached hydrogen (secondary N) is 1. The van der Waals surface area contributed by atoms with Crippen LogP contribution >= 0.6 is 0 Å². The maximum absolute atomic E-state index is 12.1. The zero-order valence-corrected chi connectivity index (χ0v) is 13.4. The van der Waals surface area contributed by atoms with Gasteiger partial charge in [0.15, 0.2) is 0 Å². The molecule has 5 nitrogen and oxygen atoms in total. The molecule has 1 aliphatic carbocycles. The highest BCUT2D eigenvalue weighted by molar-refractivity contribution is 6.04. The number of aliphatic carboxylic acids is 1. The maximum atomic E-state index is 12.1. The molecule has 0 bridgehead atoms. The molecule has 124 valence electrons. The van der Waals surface area contributed by atoms with E-state index in [9.17, 15) is 9.59 Å². The van der Waals surface area contributed by atoms with Crippen molar-refractivity contribution in [2.24, 2.45) is 5.41 Å². The monoisotopic (exact) mass is 325 g/mol. The van der Waals surface area contributed by atoms with Crippen LogP contribution in [-0.4, -0.2) is 17.0 Å². The van der Waals surface area contributed by atoms with Gasteiger partial charge in [-0.05, 0) is 38.0 Å². The zero-order valence-electron chi connectivity index (χ0n) is 13.4. The summed E-state index contributed by atoms with van der Waals surface area (Å²) < 4.78 is 5.88. The summed E-state index contributed by atoms with van der Waals surface area (Å²) in [7, 11) is 0. The first-order chi connectivity index (χ1) is 11.5. The van der Waals surface area contributed by atoms with Crippen molar-refractivity contribution in [3.63, 3.8) is 0 Å². The average molecular weight is 325 g/mol. The van der Waals surface area contributed by atoms with Gasteiger partial charge >= 0.3 is 5.97 Å². The second-order valence-electron chi connectivity index (χ2n) is 6.09. The summed E-state index contributed by atoms with van der Waals surface area (Å²) in [5, 5.41) is 11.9. The van der Waals surface area contributed by atoms with E-state index in [-0.39, 0.29) is 6.54 Å². The fourth-order valence-electron chi connectivity index (χ4n) is 2.49. The van der Waals surface area contributed by atoms with Crippen molar-refractivity contribution in [2.45, 2.75) is 26.3 Å². The fraction of sp³-hybridized carbons (Fsp3) is 0.263. The van der Waals surface area contributed by atoms with Crippen molar-refractivity contribution >= 4 is 11.9 Å². The molecule has 1 aliphatic rings. The molecule has 24 heavy (non-hydrogen) atoms. The van der Waals surface area contributed by atoms with Crippen LogP contribution in [0.5, 0.6) is 11.5 Å². The van der Waals surface area contributed by atoms with Crippen molar-refractivity contribution in [3.8, 4) is 11.5 Å². The standard InChI is InChI=1S/C19H19NO4/c1-13-6-8-15(9-7-13)24-16-5-3-2-4-14(16)12-20-17(21)19(10-11-19)18(22)23/h2-9H,10-12H2,1H3,(H,20,21)(H,22,23). The highest BCUT2D eigenvalue weighted by Crippen LogP contribution is 2.46. The molecule has 0 heterocycles. The lowest BCUT2D eigenvalue weighted by molar-refractivity contribution is -0.149. The van der Waals surface area contributed by atoms with Crippen LogP contribution in [0.2, 0.25) is 0 Å². The molecule has 0 atom stereocenters. The quantitative estimate of drug-likeness (QED) is 0.799. The highest BCUT2D eigenvalue weighted by Gasteiger charge is 2.56. The van der Waals surface area contributed by atoms with Crippen molar-refractivity contribution in [2.75, 3.05) is 0 Å². The number of carboxylic acids is 1. The van der Waals surface area contributed by atoms with E-state index in [0.29, 0.717) is 24.3 Å². The van der Waals surface area contributed by atoms with E-state index >= 15 is 0 Å². The topological polar surface area (TPSA) is 75.6 Å². The van der Waals surface area contributed by atoms with Crippen molar-refractivity contribution in [1.82, 2.24) is 5.32 Å². The van der Waals surface area contributed by atoms with Crippen molar-refractivity contribution in [1.29, 1.82) is 0 Å². The van der Waals surface area contributed by atoms with Crippen LogP contribution in [0.25, 0.3) is 0 Å². The number of ether oxygens (including phenoxy) is 1. The van der Waals surface area contributed by atoms with E-state index in [2.05, 4.69) is 5.32 Å². The lowest BCUT2D eigenvalue weighted by Gasteiger charge is -2.14. The van der Waals surface area contributed by atoms with Gasteiger partial charge in [-0.3, -0.25) is 9.59 Å². The second kappa shape index (κ2) is 6.35. The largest absolute Gasteiger partial charge is 0.480 e. The van der Waals surface area contributed by atoms with Gasteiger partial charge in [-0.25, -0.2) is 0 Å². The number of aryl methyl sites for hydroxylation is 1. The number of para-hydroxylation sites is 1. The van der Waals surface area contributed by atoms with E-state index in [1.54, 1.807) is 0 Å². The van der Waals surface area contributed by atoms with E-state index in [1.807, 2.05) is 55.5 Å². The predicted molar refractivity (Wildman–Crippen MR) is 88.8 cm³/mol. The Balaban J connectivity index is 1.69. The summed E-state index contributed by atoms with van der Waals surface area (Å²) in [6.45, 7) is 2.24. The molecule has 2 aromatic rings. The number of carboxylic acid groups (broad SMARTS) is 1. The van der Waals surface area contributed by atoms with Crippen LogP contribution in [0.15, 0.2) is 48.5 Å². The zero-order chi connectivity index (χ0) is 17.2. The summed E-state index contributed by atoms with van der Waals surface area (Å²) in [4.78, 5) is 23.3. The van der Waals surface area contributed by atoms with Gasteiger partial charge in [0.2, 0.25) is 5.91 Å². The number of rotatable bonds is 6. The molecule has 0 radical (unpaired) electrons. The molecule has 3 rings (SSSR count). The van der Waals surface area contributed by atoms with Gasteiger partial charge in [0.25, 0.3) is 0 Å². The molecule has 2 N–H and O–H groups in total. The SMILES string of the molecule is Cc1ccc(Oc2ccccc2CNC(=O)C2(C(=O)O)CC2)cc1. The van der Waals surface area contributed by atoms with Gasteiger partial charge < -0.3 is 15.2 Å². The van der Waals surface area contributed by atoms with Gasteiger partial charge in [0.1, 0.15) is 16.9 Å². The lowest BCUT2D eigenvalue weighted by atomic mass is 10.1. The Morgan fingerprint density at radius 1 is 1.12 bits per heavy atom. The molecule has 0 aliphatic heterocycles. The smallest absolute Gasteiger partial charge is 0.319 e. The maximum Gasteiger partial charge on any atom is 0.319 e. The first kappa shape index (κ1) is 16.1. The Kier molecular flexibility index (Phi) is 4.25. The molecule has 0 saturated heterocycles. The minimum Gasteiger partial charge on any atom is -0.480 e. The molecule has 0 spiro atoms. The number of amides is 1. The second-order valence-corrected chi connectivity index (χ2v) is 6.09. The minimum absolute atomic E-state index is 0.232. The summed E-state index contributed by atoms with van der Waals surface area (Å²) in [5.74, 6) is -0.130. The molecular weight excluding hydrogens is 306 g/mol. The van der Waals surface area contributed by atoms with Gasteiger partial charge in [0.05, 0.1) is 0 Å². The predicted octanol–water partition coefficient (Wildman–Crippen LogP) is 3.27. The first-order valence-electron chi connectivity index (χ1n) is 7.85. The molecular formula is C19H19NO4. The molecule has 1 saturated carbocycles. The molecule has 2 aromatic carbocycles. The van der Waals surface area contributed by atoms with Crippen LogP contribution in [0.4, 0.5) is 0 Å².